The summed E-state index contributed by atoms with van der Waals surface area (Å²) in [5.74, 6) is 0.267. The maximum Gasteiger partial charge on any atom is 0.255 e. The van der Waals surface area contributed by atoms with Gasteiger partial charge in [0.2, 0.25) is 10.0 Å². The van der Waals surface area contributed by atoms with Crippen LogP contribution >= 0.6 is 0 Å². The third kappa shape index (κ3) is 5.06. The quantitative estimate of drug-likeness (QED) is 0.724. The van der Waals surface area contributed by atoms with Gasteiger partial charge >= 0.3 is 0 Å². The van der Waals surface area contributed by atoms with Gasteiger partial charge in [0.1, 0.15) is 11.9 Å². The molecule has 0 aromatic heterocycles. The van der Waals surface area contributed by atoms with Gasteiger partial charge in [-0.3, -0.25) is 4.79 Å². The fraction of sp³-hybridized carbons (Fsp3) is 0.316. The molecule has 1 saturated carbocycles. The Morgan fingerprint density at radius 3 is 2.26 bits per heavy atom. The topological polar surface area (TPSA) is 119 Å². The van der Waals surface area contributed by atoms with Crippen molar-refractivity contribution >= 4 is 21.6 Å². The predicted molar refractivity (Wildman–Crippen MR) is 101 cm³/mol. The maximum absolute atomic E-state index is 12.3. The highest BCUT2D eigenvalue weighted by atomic mass is 32.2. The van der Waals surface area contributed by atoms with Crippen LogP contribution in [0.4, 0.5) is 5.69 Å². The van der Waals surface area contributed by atoms with Crippen LogP contribution < -0.4 is 15.2 Å². The van der Waals surface area contributed by atoms with Crippen molar-refractivity contribution in [1.82, 2.24) is 0 Å². The lowest BCUT2D eigenvalue weighted by Gasteiger charge is -2.28. The Hall–Kier alpha value is -2.42. The summed E-state index contributed by atoms with van der Waals surface area (Å²) >= 11 is 0. The lowest BCUT2D eigenvalue weighted by atomic mass is 9.95. The van der Waals surface area contributed by atoms with E-state index in [1.54, 1.807) is 24.3 Å². The first-order valence-corrected chi connectivity index (χ1v) is 10.3. The van der Waals surface area contributed by atoms with E-state index >= 15 is 0 Å². The molecule has 1 amide bonds. The number of carbonyl (C=O) groups excluding carboxylic acids is 1. The number of carbonyl (C=O) groups is 1. The number of sulfonamides is 1. The van der Waals surface area contributed by atoms with Gasteiger partial charge in [0, 0.05) is 11.3 Å². The minimum absolute atomic E-state index is 0.0505. The van der Waals surface area contributed by atoms with Crippen molar-refractivity contribution in [2.45, 2.75) is 42.8 Å². The van der Waals surface area contributed by atoms with E-state index in [1.165, 1.54) is 24.3 Å². The van der Waals surface area contributed by atoms with Crippen molar-refractivity contribution in [2.24, 2.45) is 5.14 Å². The zero-order chi connectivity index (χ0) is 19.4. The van der Waals surface area contributed by atoms with E-state index in [1.807, 2.05) is 0 Å². The standard InChI is InChI=1S/C19H22N2O5S/c20-27(24,25)16-11-5-13(6-12-16)19(23)21-14-7-9-15(10-8-14)26-18-4-2-1-3-17(18)22/h5-12,17-18,22H,1-4H2,(H,21,23)(H2,20,24,25)/t17-,18-/m1/s1. The number of nitrogens with two attached hydrogens (primary N) is 1. The van der Waals surface area contributed by atoms with Crippen molar-refractivity contribution in [3.63, 3.8) is 0 Å². The molecule has 0 unspecified atom stereocenters. The summed E-state index contributed by atoms with van der Waals surface area (Å²) in [6, 6.07) is 12.3. The minimum atomic E-state index is -3.79. The van der Waals surface area contributed by atoms with Crippen LogP contribution in [0.5, 0.6) is 5.75 Å². The molecular formula is C19H22N2O5S. The van der Waals surface area contributed by atoms with Gasteiger partial charge in [-0.05, 0) is 67.8 Å². The number of ether oxygens (including phenoxy) is 1. The number of hydrogen-bond acceptors (Lipinski definition) is 5. The number of amides is 1. The first-order chi connectivity index (χ1) is 12.8. The van der Waals surface area contributed by atoms with Crippen LogP contribution in [0.3, 0.4) is 0 Å². The van der Waals surface area contributed by atoms with Crippen LogP contribution in [-0.2, 0) is 10.0 Å². The molecule has 4 N–H and O–H groups in total. The van der Waals surface area contributed by atoms with Crippen molar-refractivity contribution in [3.05, 3.63) is 54.1 Å². The molecule has 1 fully saturated rings. The van der Waals surface area contributed by atoms with Crippen LogP contribution in [0, 0.1) is 0 Å². The molecule has 1 aliphatic carbocycles. The van der Waals surface area contributed by atoms with Gasteiger partial charge in [0.15, 0.2) is 0 Å². The summed E-state index contributed by atoms with van der Waals surface area (Å²) < 4.78 is 28.3. The number of hydrogen-bond donors (Lipinski definition) is 3. The monoisotopic (exact) mass is 390 g/mol. The zero-order valence-electron chi connectivity index (χ0n) is 14.7. The van der Waals surface area contributed by atoms with E-state index in [0.29, 0.717) is 17.0 Å². The molecular weight excluding hydrogens is 368 g/mol. The summed E-state index contributed by atoms with van der Waals surface area (Å²) in [7, 11) is -3.79. The molecule has 8 heteroatoms. The van der Waals surface area contributed by atoms with Gasteiger partial charge in [-0.15, -0.1) is 0 Å². The maximum atomic E-state index is 12.3. The Bertz CT molecular complexity index is 895. The van der Waals surface area contributed by atoms with E-state index in [2.05, 4.69) is 5.32 Å². The van der Waals surface area contributed by atoms with Gasteiger partial charge in [-0.1, -0.05) is 6.42 Å². The zero-order valence-corrected chi connectivity index (χ0v) is 15.5. The van der Waals surface area contributed by atoms with Gasteiger partial charge in [-0.2, -0.15) is 0 Å². The Morgan fingerprint density at radius 1 is 1.04 bits per heavy atom. The van der Waals surface area contributed by atoms with E-state index in [-0.39, 0.29) is 16.9 Å². The van der Waals surface area contributed by atoms with Crippen molar-refractivity contribution < 1.29 is 23.1 Å². The molecule has 7 nitrogen and oxygen atoms in total. The van der Waals surface area contributed by atoms with E-state index in [4.69, 9.17) is 9.88 Å². The van der Waals surface area contributed by atoms with Gasteiger partial charge in [0.05, 0.1) is 11.0 Å². The minimum Gasteiger partial charge on any atom is -0.488 e. The Morgan fingerprint density at radius 2 is 1.67 bits per heavy atom. The highest BCUT2D eigenvalue weighted by molar-refractivity contribution is 7.89. The fourth-order valence-electron chi connectivity index (χ4n) is 3.01. The van der Waals surface area contributed by atoms with Gasteiger partial charge in [-0.25, -0.2) is 13.6 Å². The molecule has 144 valence electrons. The lowest BCUT2D eigenvalue weighted by molar-refractivity contribution is 0.00688. The van der Waals surface area contributed by atoms with Crippen molar-refractivity contribution in [1.29, 1.82) is 0 Å². The average Bonchev–Trinajstić information content (AvgIpc) is 2.64. The smallest absolute Gasteiger partial charge is 0.255 e. The first-order valence-electron chi connectivity index (χ1n) is 8.72. The summed E-state index contributed by atoms with van der Waals surface area (Å²) in [6.45, 7) is 0. The molecule has 2 atom stereocenters. The molecule has 2 aromatic carbocycles. The molecule has 0 radical (unpaired) electrons. The summed E-state index contributed by atoms with van der Waals surface area (Å²) in [5, 5.41) is 17.7. The highest BCUT2D eigenvalue weighted by Crippen LogP contribution is 2.25. The van der Waals surface area contributed by atoms with Crippen LogP contribution in [-0.4, -0.2) is 31.6 Å². The Labute approximate surface area is 158 Å². The SMILES string of the molecule is NS(=O)(=O)c1ccc(C(=O)Nc2ccc(O[C@@H]3CCCC[C@H]3O)cc2)cc1. The number of aliphatic hydroxyl groups is 1. The fourth-order valence-corrected chi connectivity index (χ4v) is 3.52. The number of nitrogens with one attached hydrogen (secondary N) is 1. The van der Waals surface area contributed by atoms with E-state index in [0.717, 1.165) is 25.7 Å². The lowest BCUT2D eigenvalue weighted by Crippen LogP contribution is -2.34. The van der Waals surface area contributed by atoms with Crippen molar-refractivity contribution in [3.8, 4) is 5.75 Å². The molecule has 0 aliphatic heterocycles. The van der Waals surface area contributed by atoms with E-state index < -0.39 is 16.1 Å². The van der Waals surface area contributed by atoms with Gasteiger partial charge in [0.25, 0.3) is 5.91 Å². The first kappa shape index (κ1) is 19.3. The summed E-state index contributed by atoms with van der Waals surface area (Å²) in [4.78, 5) is 12.2. The van der Waals surface area contributed by atoms with E-state index in [9.17, 15) is 18.3 Å². The molecule has 27 heavy (non-hydrogen) atoms. The van der Waals surface area contributed by atoms with Gasteiger partial charge < -0.3 is 15.2 Å². The molecule has 0 saturated heterocycles. The van der Waals surface area contributed by atoms with Crippen molar-refractivity contribution in [2.75, 3.05) is 5.32 Å². The molecule has 2 aromatic rings. The number of primary sulfonamides is 1. The predicted octanol–water partition coefficient (Wildman–Crippen LogP) is 2.27. The molecule has 0 heterocycles. The molecule has 0 bridgehead atoms. The second kappa shape index (κ2) is 8.08. The third-order valence-corrected chi connectivity index (χ3v) is 5.44. The second-order valence-electron chi connectivity index (χ2n) is 6.56. The highest BCUT2D eigenvalue weighted by Gasteiger charge is 2.24. The summed E-state index contributed by atoms with van der Waals surface area (Å²) in [5.41, 5.74) is 0.889. The molecule has 3 rings (SSSR count). The normalized spacial score (nSPS) is 20.1. The number of anilines is 1. The number of rotatable bonds is 5. The summed E-state index contributed by atoms with van der Waals surface area (Å²) in [6.07, 6.45) is 3.00. The van der Waals surface area contributed by atoms with Crippen LogP contribution in [0.25, 0.3) is 0 Å². The van der Waals surface area contributed by atoms with Crippen LogP contribution in [0.15, 0.2) is 53.4 Å². The number of benzene rings is 2. The number of aliphatic hydroxyl groups excluding tert-OH is 1. The van der Waals surface area contributed by atoms with Crippen LogP contribution in [0.1, 0.15) is 36.0 Å². The molecule has 1 aliphatic rings. The Kier molecular flexibility index (Phi) is 5.79. The second-order valence-corrected chi connectivity index (χ2v) is 8.12. The average molecular weight is 390 g/mol. The van der Waals surface area contributed by atoms with Crippen LogP contribution in [0.2, 0.25) is 0 Å². The Balaban J connectivity index is 1.61. The largest absolute Gasteiger partial charge is 0.488 e. The molecule has 0 spiro atoms. The third-order valence-electron chi connectivity index (χ3n) is 4.51.